The summed E-state index contributed by atoms with van der Waals surface area (Å²) in [7, 11) is -3.47. The molecule has 0 amide bonds. The summed E-state index contributed by atoms with van der Waals surface area (Å²) in [6, 6.07) is 7.02. The Balaban J connectivity index is 2.03. The van der Waals surface area contributed by atoms with Crippen molar-refractivity contribution in [1.82, 2.24) is 9.62 Å². The van der Waals surface area contributed by atoms with Crippen LogP contribution in [0.15, 0.2) is 29.2 Å². The molecule has 0 spiro atoms. The van der Waals surface area contributed by atoms with Crippen LogP contribution >= 0.6 is 0 Å². The van der Waals surface area contributed by atoms with E-state index in [-0.39, 0.29) is 0 Å². The normalized spacial score (nSPS) is 20.4. The first-order valence-electron chi connectivity index (χ1n) is 8.54. The Labute approximate surface area is 145 Å². The molecule has 1 saturated heterocycles. The van der Waals surface area contributed by atoms with E-state index in [9.17, 15) is 8.42 Å². The van der Waals surface area contributed by atoms with E-state index in [2.05, 4.69) is 5.32 Å². The van der Waals surface area contributed by atoms with Crippen molar-refractivity contribution in [3.05, 3.63) is 29.8 Å². The summed E-state index contributed by atoms with van der Waals surface area (Å²) in [4.78, 5) is 0.350. The van der Waals surface area contributed by atoms with Gasteiger partial charge in [-0.05, 0) is 38.4 Å². The molecule has 2 rings (SSSR count). The van der Waals surface area contributed by atoms with Gasteiger partial charge in [-0.2, -0.15) is 4.31 Å². The first kappa shape index (κ1) is 19.3. The highest BCUT2D eigenvalue weighted by Crippen LogP contribution is 2.16. The SMILES string of the molecule is Cc1ccc(S(=O)(=O)N2CCCOCCOCCCNCC2)cc1. The highest BCUT2D eigenvalue weighted by atomic mass is 32.2. The molecule has 0 saturated carbocycles. The molecule has 0 bridgehead atoms. The Morgan fingerprint density at radius 2 is 1.58 bits per heavy atom. The number of hydrogen-bond acceptors (Lipinski definition) is 5. The van der Waals surface area contributed by atoms with Crippen LogP contribution in [0.3, 0.4) is 0 Å². The van der Waals surface area contributed by atoms with Crippen LogP contribution in [0.25, 0.3) is 0 Å². The fourth-order valence-corrected chi connectivity index (χ4v) is 3.98. The van der Waals surface area contributed by atoms with Crippen molar-refractivity contribution < 1.29 is 17.9 Å². The first-order valence-corrected chi connectivity index (χ1v) is 9.98. The van der Waals surface area contributed by atoms with Gasteiger partial charge in [0.05, 0.1) is 18.1 Å². The van der Waals surface area contributed by atoms with Crippen molar-refractivity contribution >= 4 is 10.0 Å². The van der Waals surface area contributed by atoms with Crippen molar-refractivity contribution in [3.8, 4) is 0 Å². The Morgan fingerprint density at radius 1 is 0.917 bits per heavy atom. The maximum atomic E-state index is 12.9. The lowest BCUT2D eigenvalue weighted by Gasteiger charge is -2.23. The van der Waals surface area contributed by atoms with E-state index in [4.69, 9.17) is 9.47 Å². The van der Waals surface area contributed by atoms with E-state index >= 15 is 0 Å². The molecule has 0 radical (unpaired) electrons. The molecule has 1 aliphatic heterocycles. The largest absolute Gasteiger partial charge is 0.379 e. The van der Waals surface area contributed by atoms with Gasteiger partial charge in [0, 0.05) is 32.8 Å². The molecule has 0 atom stereocenters. The molecule has 7 heteroatoms. The zero-order chi connectivity index (χ0) is 17.3. The minimum absolute atomic E-state index is 0.350. The monoisotopic (exact) mass is 356 g/mol. The number of ether oxygens (including phenoxy) is 2. The van der Waals surface area contributed by atoms with Gasteiger partial charge in [-0.1, -0.05) is 17.7 Å². The fraction of sp³-hybridized carbons (Fsp3) is 0.647. The van der Waals surface area contributed by atoms with Crippen LogP contribution in [0, 0.1) is 6.92 Å². The van der Waals surface area contributed by atoms with Gasteiger partial charge in [-0.25, -0.2) is 8.42 Å². The number of rotatable bonds is 2. The van der Waals surface area contributed by atoms with Gasteiger partial charge in [-0.15, -0.1) is 0 Å². The van der Waals surface area contributed by atoms with Gasteiger partial charge < -0.3 is 14.8 Å². The average Bonchev–Trinajstić information content (AvgIpc) is 2.57. The number of sulfonamides is 1. The third kappa shape index (κ3) is 6.14. The van der Waals surface area contributed by atoms with Crippen LogP contribution in [0.1, 0.15) is 18.4 Å². The van der Waals surface area contributed by atoms with Crippen molar-refractivity contribution in [2.45, 2.75) is 24.7 Å². The van der Waals surface area contributed by atoms with Crippen LogP contribution < -0.4 is 5.32 Å². The van der Waals surface area contributed by atoms with Crippen molar-refractivity contribution in [1.29, 1.82) is 0 Å². The van der Waals surface area contributed by atoms with Gasteiger partial charge in [0.15, 0.2) is 0 Å². The molecule has 1 heterocycles. The Hall–Kier alpha value is -0.990. The van der Waals surface area contributed by atoms with E-state index < -0.39 is 10.0 Å². The zero-order valence-corrected chi connectivity index (χ0v) is 15.2. The molecule has 1 aliphatic rings. The standard InChI is InChI=1S/C17H28N2O4S/c1-16-4-6-17(7-5-16)24(20,21)19-10-3-13-23-15-14-22-12-2-8-18-9-11-19/h4-7,18H,2-3,8-15H2,1H3. The second-order valence-electron chi connectivity index (χ2n) is 5.90. The van der Waals surface area contributed by atoms with Crippen molar-refractivity contribution in [3.63, 3.8) is 0 Å². The number of benzene rings is 1. The zero-order valence-electron chi connectivity index (χ0n) is 14.4. The van der Waals surface area contributed by atoms with E-state index in [1.807, 2.05) is 19.1 Å². The molecule has 1 fully saturated rings. The van der Waals surface area contributed by atoms with Crippen molar-refractivity contribution in [2.24, 2.45) is 0 Å². The molecule has 6 nitrogen and oxygen atoms in total. The highest BCUT2D eigenvalue weighted by molar-refractivity contribution is 7.89. The second kappa shape index (κ2) is 10.1. The number of nitrogens with zero attached hydrogens (tertiary/aromatic N) is 1. The Morgan fingerprint density at radius 3 is 2.29 bits per heavy atom. The molecular formula is C17H28N2O4S. The summed E-state index contributed by atoms with van der Waals surface area (Å²) in [5.41, 5.74) is 1.05. The smallest absolute Gasteiger partial charge is 0.243 e. The molecule has 0 unspecified atom stereocenters. The highest BCUT2D eigenvalue weighted by Gasteiger charge is 2.23. The maximum Gasteiger partial charge on any atom is 0.243 e. The molecule has 0 aromatic heterocycles. The Kier molecular flexibility index (Phi) is 8.14. The fourth-order valence-electron chi connectivity index (χ4n) is 2.50. The van der Waals surface area contributed by atoms with E-state index in [1.54, 1.807) is 16.4 Å². The molecule has 0 aliphatic carbocycles. The number of nitrogens with one attached hydrogen (secondary N) is 1. The third-order valence-corrected chi connectivity index (χ3v) is 5.82. The molecule has 24 heavy (non-hydrogen) atoms. The summed E-state index contributed by atoms with van der Waals surface area (Å²) in [6.07, 6.45) is 1.58. The van der Waals surface area contributed by atoms with Gasteiger partial charge in [0.25, 0.3) is 0 Å². The van der Waals surface area contributed by atoms with Crippen LogP contribution in [0.5, 0.6) is 0 Å². The van der Waals surface area contributed by atoms with Gasteiger partial charge in [0.2, 0.25) is 10.0 Å². The third-order valence-electron chi connectivity index (χ3n) is 3.91. The molecular weight excluding hydrogens is 328 g/mol. The van der Waals surface area contributed by atoms with Crippen LogP contribution in [0.2, 0.25) is 0 Å². The molecule has 1 N–H and O–H groups in total. The van der Waals surface area contributed by atoms with Crippen LogP contribution in [0.4, 0.5) is 0 Å². The Bertz CT molecular complexity index is 561. The minimum Gasteiger partial charge on any atom is -0.379 e. The lowest BCUT2D eigenvalue weighted by Crippen LogP contribution is -2.38. The summed E-state index contributed by atoms with van der Waals surface area (Å²) in [6.45, 7) is 6.69. The van der Waals surface area contributed by atoms with Gasteiger partial charge >= 0.3 is 0 Å². The topological polar surface area (TPSA) is 67.9 Å². The summed E-state index contributed by atoms with van der Waals surface area (Å²) < 4.78 is 38.3. The van der Waals surface area contributed by atoms with E-state index in [0.29, 0.717) is 57.4 Å². The van der Waals surface area contributed by atoms with Gasteiger partial charge in [0.1, 0.15) is 0 Å². The molecule has 1 aromatic rings. The van der Waals surface area contributed by atoms with E-state index in [0.717, 1.165) is 18.5 Å². The average molecular weight is 356 g/mol. The van der Waals surface area contributed by atoms with Gasteiger partial charge in [-0.3, -0.25) is 0 Å². The quantitative estimate of drug-likeness (QED) is 0.868. The molecule has 1 aromatic carbocycles. The molecule has 136 valence electrons. The minimum atomic E-state index is -3.47. The lowest BCUT2D eigenvalue weighted by atomic mass is 10.2. The predicted octanol–water partition coefficient (Wildman–Crippen LogP) is 1.40. The van der Waals surface area contributed by atoms with E-state index in [1.165, 1.54) is 0 Å². The lowest BCUT2D eigenvalue weighted by molar-refractivity contribution is 0.0444. The summed E-state index contributed by atoms with van der Waals surface area (Å²) >= 11 is 0. The van der Waals surface area contributed by atoms with Crippen molar-refractivity contribution in [2.75, 3.05) is 52.6 Å². The number of hydrogen-bond donors (Lipinski definition) is 1. The summed E-state index contributed by atoms with van der Waals surface area (Å²) in [5, 5.41) is 3.28. The second-order valence-corrected chi connectivity index (χ2v) is 7.84. The first-order chi connectivity index (χ1) is 11.6. The van der Waals surface area contributed by atoms with Crippen LogP contribution in [-0.4, -0.2) is 65.3 Å². The predicted molar refractivity (Wildman–Crippen MR) is 93.7 cm³/mol. The van der Waals surface area contributed by atoms with Crippen LogP contribution in [-0.2, 0) is 19.5 Å². The maximum absolute atomic E-state index is 12.9. The number of aryl methyl sites for hydroxylation is 1. The summed E-state index contributed by atoms with van der Waals surface area (Å²) in [5.74, 6) is 0.